The zero-order chi connectivity index (χ0) is 18.4. The highest BCUT2D eigenvalue weighted by Crippen LogP contribution is 2.42. The smallest absolute Gasteiger partial charge is 0.165 e. The number of carbonyl (C=O) groups is 2. The zero-order valence-electron chi connectivity index (χ0n) is 15.5. The lowest BCUT2D eigenvalue weighted by Crippen LogP contribution is -2.38. The van der Waals surface area contributed by atoms with Crippen LogP contribution in [0, 0.1) is 17.3 Å². The molecule has 0 aromatic heterocycles. The molecule has 0 radical (unpaired) electrons. The summed E-state index contributed by atoms with van der Waals surface area (Å²) in [7, 11) is 0. The van der Waals surface area contributed by atoms with Crippen molar-refractivity contribution in [3.63, 3.8) is 0 Å². The summed E-state index contributed by atoms with van der Waals surface area (Å²) in [6.07, 6.45) is 6.49. The lowest BCUT2D eigenvalue weighted by molar-refractivity contribution is -0.133. The van der Waals surface area contributed by atoms with Crippen LogP contribution in [-0.2, 0) is 25.7 Å². The van der Waals surface area contributed by atoms with E-state index < -0.39 is 5.92 Å². The van der Waals surface area contributed by atoms with Crippen LogP contribution in [0.5, 0.6) is 0 Å². The van der Waals surface area contributed by atoms with Crippen molar-refractivity contribution in [3.05, 3.63) is 48.0 Å². The average molecular weight is 356 g/mol. The normalized spacial score (nSPS) is 23.1. The minimum absolute atomic E-state index is 0.0282. The van der Waals surface area contributed by atoms with Crippen LogP contribution in [0.1, 0.15) is 38.2 Å². The van der Waals surface area contributed by atoms with Crippen LogP contribution >= 0.6 is 0 Å². The summed E-state index contributed by atoms with van der Waals surface area (Å²) < 4.78 is 11.2. The van der Waals surface area contributed by atoms with E-state index in [1.807, 2.05) is 43.3 Å². The Kier molecular flexibility index (Phi) is 6.38. The monoisotopic (exact) mass is 356 g/mol. The van der Waals surface area contributed by atoms with Crippen LogP contribution in [0.3, 0.4) is 0 Å². The summed E-state index contributed by atoms with van der Waals surface area (Å²) in [5, 5.41) is 0. The molecule has 4 heteroatoms. The molecule has 1 aromatic carbocycles. The lowest BCUT2D eigenvalue weighted by atomic mass is 9.67. The van der Waals surface area contributed by atoms with Gasteiger partial charge in [0.1, 0.15) is 5.78 Å². The Bertz CT molecular complexity index is 643. The van der Waals surface area contributed by atoms with Gasteiger partial charge in [-0.2, -0.15) is 0 Å². The largest absolute Gasteiger partial charge is 0.381 e. The lowest BCUT2D eigenvalue weighted by Gasteiger charge is -2.39. The molecule has 1 fully saturated rings. The third kappa shape index (κ3) is 4.89. The Morgan fingerprint density at radius 1 is 1.27 bits per heavy atom. The molecule has 2 unspecified atom stereocenters. The quantitative estimate of drug-likeness (QED) is 0.699. The summed E-state index contributed by atoms with van der Waals surface area (Å²) in [6.45, 7) is 4.51. The second-order valence-electron chi connectivity index (χ2n) is 7.74. The second-order valence-corrected chi connectivity index (χ2v) is 7.74. The molecule has 0 N–H and O–H groups in total. The predicted octanol–water partition coefficient (Wildman–Crippen LogP) is 3.74. The van der Waals surface area contributed by atoms with Gasteiger partial charge in [0.05, 0.1) is 12.5 Å². The zero-order valence-corrected chi connectivity index (χ0v) is 15.5. The Balaban J connectivity index is 1.48. The minimum atomic E-state index is -0.491. The maximum atomic E-state index is 12.7. The van der Waals surface area contributed by atoms with Crippen molar-refractivity contribution in [2.24, 2.45) is 17.3 Å². The SMILES string of the molecule is CC(COCc1ccccc1)CC(=O)C1CC2(C=CC1=O)CCOCC2. The number of hydrogen-bond acceptors (Lipinski definition) is 4. The molecule has 2 atom stereocenters. The number of Topliss-reactive ketones (excluding diaryl/α,β-unsaturated/α-hetero) is 1. The molecule has 2 aliphatic rings. The summed E-state index contributed by atoms with van der Waals surface area (Å²) >= 11 is 0. The van der Waals surface area contributed by atoms with Crippen molar-refractivity contribution in [1.82, 2.24) is 0 Å². The number of ether oxygens (including phenoxy) is 2. The van der Waals surface area contributed by atoms with E-state index in [-0.39, 0.29) is 22.9 Å². The van der Waals surface area contributed by atoms with Gasteiger partial charge in [0.2, 0.25) is 0 Å². The van der Waals surface area contributed by atoms with Crippen molar-refractivity contribution >= 4 is 11.6 Å². The van der Waals surface area contributed by atoms with Crippen LogP contribution < -0.4 is 0 Å². The van der Waals surface area contributed by atoms with Gasteiger partial charge >= 0.3 is 0 Å². The highest BCUT2D eigenvalue weighted by atomic mass is 16.5. The van der Waals surface area contributed by atoms with Crippen LogP contribution in [0.4, 0.5) is 0 Å². The molecule has 1 aliphatic carbocycles. The van der Waals surface area contributed by atoms with Crippen LogP contribution in [0.25, 0.3) is 0 Å². The fourth-order valence-electron chi connectivity index (χ4n) is 3.87. The van der Waals surface area contributed by atoms with Gasteiger partial charge < -0.3 is 9.47 Å². The molecule has 0 amide bonds. The van der Waals surface area contributed by atoms with Crippen molar-refractivity contribution in [3.8, 4) is 0 Å². The Labute approximate surface area is 155 Å². The molecular weight excluding hydrogens is 328 g/mol. The van der Waals surface area contributed by atoms with E-state index in [0.717, 1.165) is 18.4 Å². The van der Waals surface area contributed by atoms with Crippen molar-refractivity contribution in [2.75, 3.05) is 19.8 Å². The molecule has 1 spiro atoms. The van der Waals surface area contributed by atoms with Crippen molar-refractivity contribution in [1.29, 1.82) is 0 Å². The summed E-state index contributed by atoms with van der Waals surface area (Å²) in [6, 6.07) is 10.00. The molecular formula is C22H28O4. The summed E-state index contributed by atoms with van der Waals surface area (Å²) in [4.78, 5) is 25.0. The number of allylic oxidation sites excluding steroid dienone is 2. The van der Waals surface area contributed by atoms with E-state index in [1.165, 1.54) is 0 Å². The van der Waals surface area contributed by atoms with E-state index in [0.29, 0.717) is 39.3 Å². The van der Waals surface area contributed by atoms with Crippen LogP contribution in [-0.4, -0.2) is 31.4 Å². The first kappa shape index (κ1) is 19.0. The number of rotatable bonds is 7. The molecule has 1 aromatic rings. The molecule has 0 saturated carbocycles. The highest BCUT2D eigenvalue weighted by molar-refractivity contribution is 6.08. The first-order chi connectivity index (χ1) is 12.6. The summed E-state index contributed by atoms with van der Waals surface area (Å²) in [5.41, 5.74) is 1.10. The Morgan fingerprint density at radius 3 is 2.73 bits per heavy atom. The third-order valence-corrected chi connectivity index (χ3v) is 5.50. The maximum Gasteiger partial charge on any atom is 0.165 e. The van der Waals surface area contributed by atoms with E-state index in [2.05, 4.69) is 0 Å². The fraction of sp³-hybridized carbons (Fsp3) is 0.545. The van der Waals surface area contributed by atoms with Crippen molar-refractivity contribution in [2.45, 2.75) is 39.2 Å². The van der Waals surface area contributed by atoms with Gasteiger partial charge in [0.25, 0.3) is 0 Å². The number of hydrogen-bond donors (Lipinski definition) is 0. The topological polar surface area (TPSA) is 52.6 Å². The van der Waals surface area contributed by atoms with Crippen LogP contribution in [0.2, 0.25) is 0 Å². The fourth-order valence-corrected chi connectivity index (χ4v) is 3.87. The maximum absolute atomic E-state index is 12.7. The number of benzene rings is 1. The Morgan fingerprint density at radius 2 is 2.00 bits per heavy atom. The average Bonchev–Trinajstić information content (AvgIpc) is 2.65. The van der Waals surface area contributed by atoms with Gasteiger partial charge in [0.15, 0.2) is 5.78 Å². The highest BCUT2D eigenvalue weighted by Gasteiger charge is 2.40. The Hall–Kier alpha value is -1.78. The van der Waals surface area contributed by atoms with Gasteiger partial charge in [-0.25, -0.2) is 0 Å². The van der Waals surface area contributed by atoms with Gasteiger partial charge in [-0.3, -0.25) is 9.59 Å². The number of carbonyl (C=O) groups excluding carboxylic acids is 2. The van der Waals surface area contributed by atoms with E-state index in [1.54, 1.807) is 6.08 Å². The second kappa shape index (κ2) is 8.74. The predicted molar refractivity (Wildman–Crippen MR) is 99.6 cm³/mol. The molecule has 4 nitrogen and oxygen atoms in total. The molecule has 1 saturated heterocycles. The van der Waals surface area contributed by atoms with Gasteiger partial charge in [-0.15, -0.1) is 0 Å². The molecule has 1 heterocycles. The first-order valence-corrected chi connectivity index (χ1v) is 9.53. The molecule has 1 aliphatic heterocycles. The van der Waals surface area contributed by atoms with E-state index in [9.17, 15) is 9.59 Å². The van der Waals surface area contributed by atoms with Gasteiger partial charge in [-0.1, -0.05) is 43.3 Å². The molecule has 140 valence electrons. The molecule has 0 bridgehead atoms. The van der Waals surface area contributed by atoms with E-state index in [4.69, 9.17) is 9.47 Å². The molecule has 26 heavy (non-hydrogen) atoms. The van der Waals surface area contributed by atoms with Gasteiger partial charge in [0, 0.05) is 26.2 Å². The standard InChI is InChI=1S/C22H28O4/c1-17(15-26-16-18-5-3-2-4-6-18)13-21(24)19-14-22(8-7-20(19)23)9-11-25-12-10-22/h2-8,17,19H,9-16H2,1H3. The van der Waals surface area contributed by atoms with E-state index >= 15 is 0 Å². The van der Waals surface area contributed by atoms with Gasteiger partial charge in [-0.05, 0) is 42.2 Å². The summed E-state index contributed by atoms with van der Waals surface area (Å²) in [5.74, 6) is -0.365. The van der Waals surface area contributed by atoms with Crippen molar-refractivity contribution < 1.29 is 19.1 Å². The molecule has 3 rings (SSSR count). The van der Waals surface area contributed by atoms with Crippen LogP contribution in [0.15, 0.2) is 42.5 Å². The minimum Gasteiger partial charge on any atom is -0.381 e. The first-order valence-electron chi connectivity index (χ1n) is 9.53. The third-order valence-electron chi connectivity index (χ3n) is 5.50. The number of ketones is 2.